The average Bonchev–Trinajstić information content (AvgIpc) is 3.27. The molecular weight excluding hydrogens is 370 g/mol. The minimum Gasteiger partial charge on any atom is -0.497 e. The van der Waals surface area contributed by atoms with E-state index in [1.807, 2.05) is 0 Å². The summed E-state index contributed by atoms with van der Waals surface area (Å²) in [5.74, 6) is -1.89. The second kappa shape index (κ2) is 7.43. The van der Waals surface area contributed by atoms with Crippen molar-refractivity contribution in [1.82, 2.24) is 15.6 Å². The van der Waals surface area contributed by atoms with Crippen LogP contribution in [0.4, 0.5) is 19.6 Å². The van der Waals surface area contributed by atoms with E-state index in [4.69, 9.17) is 9.15 Å². The van der Waals surface area contributed by atoms with Crippen LogP contribution in [0.3, 0.4) is 0 Å². The number of anilines is 1. The molecule has 2 atom stereocenters. The number of ether oxygens (including phenoxy) is 1. The van der Waals surface area contributed by atoms with E-state index >= 15 is 0 Å². The number of carbonyl (C=O) groups is 1. The zero-order valence-corrected chi connectivity index (χ0v) is 15.0. The summed E-state index contributed by atoms with van der Waals surface area (Å²) in [5, 5.41) is 8.29. The molecule has 7 nitrogen and oxygen atoms in total. The van der Waals surface area contributed by atoms with Gasteiger partial charge in [0, 0.05) is 36.7 Å². The van der Waals surface area contributed by atoms with E-state index in [0.717, 1.165) is 12.1 Å². The predicted octanol–water partition coefficient (Wildman–Crippen LogP) is 2.99. The molecule has 0 radical (unpaired) electrons. The Hall–Kier alpha value is -3.20. The number of nitrogens with one attached hydrogen (secondary N) is 3. The van der Waals surface area contributed by atoms with Crippen LogP contribution < -0.4 is 20.7 Å². The van der Waals surface area contributed by atoms with Crippen molar-refractivity contribution in [3.63, 3.8) is 0 Å². The number of nitrogens with zero attached hydrogens (tertiary/aromatic N) is 1. The number of carbonyl (C=O) groups excluding carboxylic acids is 1. The molecule has 0 saturated carbocycles. The Morgan fingerprint density at radius 2 is 2.00 bits per heavy atom. The minimum atomic E-state index is -0.711. The fourth-order valence-electron chi connectivity index (χ4n) is 3.39. The van der Waals surface area contributed by atoms with Gasteiger partial charge in [-0.1, -0.05) is 12.1 Å². The number of fused-ring (bicyclic) bond motifs is 1. The number of rotatable bonds is 4. The predicted molar refractivity (Wildman–Crippen MR) is 98.5 cm³/mol. The molecule has 2 amide bonds. The Bertz CT molecular complexity index is 967. The number of hydrogen-bond acceptors (Lipinski definition) is 5. The third-order valence-electron chi connectivity index (χ3n) is 4.70. The van der Waals surface area contributed by atoms with E-state index in [1.165, 1.54) is 7.11 Å². The molecule has 4 rings (SSSR count). The van der Waals surface area contributed by atoms with Crippen molar-refractivity contribution in [2.24, 2.45) is 0 Å². The van der Waals surface area contributed by atoms with Crippen molar-refractivity contribution >= 4 is 23.1 Å². The van der Waals surface area contributed by atoms with Crippen LogP contribution in [-0.4, -0.2) is 37.3 Å². The van der Waals surface area contributed by atoms with Crippen molar-refractivity contribution in [2.75, 3.05) is 25.5 Å². The van der Waals surface area contributed by atoms with Crippen molar-refractivity contribution in [1.29, 1.82) is 0 Å². The molecular formula is C19H18F2N4O3. The van der Waals surface area contributed by atoms with Gasteiger partial charge in [0.05, 0.1) is 13.2 Å². The van der Waals surface area contributed by atoms with Gasteiger partial charge in [-0.05, 0) is 12.1 Å². The van der Waals surface area contributed by atoms with Crippen molar-refractivity contribution in [2.45, 2.75) is 12.0 Å². The van der Waals surface area contributed by atoms with E-state index in [1.54, 1.807) is 24.3 Å². The van der Waals surface area contributed by atoms with Crippen molar-refractivity contribution in [3.05, 3.63) is 53.6 Å². The number of amides is 2. The zero-order chi connectivity index (χ0) is 19.7. The van der Waals surface area contributed by atoms with E-state index in [9.17, 15) is 13.6 Å². The van der Waals surface area contributed by atoms with Crippen molar-refractivity contribution in [3.8, 4) is 5.75 Å². The summed E-state index contributed by atoms with van der Waals surface area (Å²) in [4.78, 5) is 16.5. The normalized spacial score (nSPS) is 19.0. The Labute approximate surface area is 159 Å². The molecule has 1 aromatic heterocycles. The van der Waals surface area contributed by atoms with Gasteiger partial charge in [0.25, 0.3) is 0 Å². The van der Waals surface area contributed by atoms with Crippen molar-refractivity contribution < 1.29 is 22.7 Å². The number of methoxy groups -OCH3 is 1. The summed E-state index contributed by atoms with van der Waals surface area (Å²) in [7, 11) is 1.34. The van der Waals surface area contributed by atoms with Gasteiger partial charge < -0.3 is 19.8 Å². The van der Waals surface area contributed by atoms with Gasteiger partial charge in [-0.25, -0.2) is 13.6 Å². The summed E-state index contributed by atoms with van der Waals surface area (Å²) in [6.07, 6.45) is 0. The highest BCUT2D eigenvalue weighted by Crippen LogP contribution is 2.31. The third kappa shape index (κ3) is 3.48. The monoisotopic (exact) mass is 388 g/mol. The lowest BCUT2D eigenvalue weighted by molar-refractivity contribution is 0.247. The third-order valence-corrected chi connectivity index (χ3v) is 4.70. The lowest BCUT2D eigenvalue weighted by atomic mass is 9.93. The first-order valence-electron chi connectivity index (χ1n) is 8.72. The Morgan fingerprint density at radius 1 is 1.25 bits per heavy atom. The molecule has 1 fully saturated rings. The van der Waals surface area contributed by atoms with E-state index < -0.39 is 29.6 Å². The molecule has 1 aliphatic heterocycles. The number of halogens is 2. The van der Waals surface area contributed by atoms with E-state index in [-0.39, 0.29) is 17.3 Å². The van der Waals surface area contributed by atoms with Crippen LogP contribution in [0.5, 0.6) is 5.75 Å². The molecule has 3 N–H and O–H groups in total. The molecule has 0 aliphatic carbocycles. The molecule has 1 aliphatic rings. The quantitative estimate of drug-likeness (QED) is 0.640. The second-order valence-electron chi connectivity index (χ2n) is 6.46. The van der Waals surface area contributed by atoms with Crippen LogP contribution in [0.25, 0.3) is 11.1 Å². The van der Waals surface area contributed by atoms with Crippen LogP contribution in [0, 0.1) is 11.6 Å². The maximum Gasteiger partial charge on any atom is 0.323 e. The average molecular weight is 388 g/mol. The summed E-state index contributed by atoms with van der Waals surface area (Å²) < 4.78 is 39.2. The highest BCUT2D eigenvalue weighted by Gasteiger charge is 2.34. The van der Waals surface area contributed by atoms with Gasteiger partial charge in [-0.2, -0.15) is 4.98 Å². The first-order valence-corrected chi connectivity index (χ1v) is 8.72. The van der Waals surface area contributed by atoms with Crippen LogP contribution in [0.1, 0.15) is 11.5 Å². The van der Waals surface area contributed by atoms with Gasteiger partial charge in [0.1, 0.15) is 22.9 Å². The number of aromatic nitrogens is 1. The number of hydrogen-bond donors (Lipinski definition) is 3. The first kappa shape index (κ1) is 18.2. The largest absolute Gasteiger partial charge is 0.497 e. The fraction of sp³-hybridized carbons (Fsp3) is 0.263. The van der Waals surface area contributed by atoms with Gasteiger partial charge in [0.15, 0.2) is 5.58 Å². The topological polar surface area (TPSA) is 88.4 Å². The molecule has 2 aromatic carbocycles. The molecule has 3 aromatic rings. The summed E-state index contributed by atoms with van der Waals surface area (Å²) in [6, 6.07) is 8.32. The number of oxazole rings is 1. The Morgan fingerprint density at radius 3 is 2.71 bits per heavy atom. The molecule has 0 spiro atoms. The number of para-hydroxylation sites is 2. The summed E-state index contributed by atoms with van der Waals surface area (Å²) >= 11 is 0. The lowest BCUT2D eigenvalue weighted by Gasteiger charge is -2.21. The molecule has 9 heteroatoms. The Kier molecular flexibility index (Phi) is 4.82. The van der Waals surface area contributed by atoms with Crippen LogP contribution in [0.15, 0.2) is 40.8 Å². The van der Waals surface area contributed by atoms with Gasteiger partial charge in [-0.3, -0.25) is 5.32 Å². The van der Waals surface area contributed by atoms with E-state index in [0.29, 0.717) is 24.2 Å². The highest BCUT2D eigenvalue weighted by molar-refractivity contribution is 5.88. The van der Waals surface area contributed by atoms with Crippen LogP contribution in [0.2, 0.25) is 0 Å². The molecule has 1 saturated heterocycles. The van der Waals surface area contributed by atoms with Gasteiger partial charge in [-0.15, -0.1) is 0 Å². The molecule has 0 bridgehead atoms. The maximum absolute atomic E-state index is 14.4. The second-order valence-corrected chi connectivity index (χ2v) is 6.46. The van der Waals surface area contributed by atoms with E-state index in [2.05, 4.69) is 20.9 Å². The summed E-state index contributed by atoms with van der Waals surface area (Å²) in [5.41, 5.74) is 1.07. The number of urea groups is 1. The smallest absolute Gasteiger partial charge is 0.323 e. The molecule has 0 unspecified atom stereocenters. The highest BCUT2D eigenvalue weighted by atomic mass is 19.1. The Balaban J connectivity index is 1.49. The molecule has 28 heavy (non-hydrogen) atoms. The SMILES string of the molecule is COc1cc(F)c([C@@H]2CNC[C@H]2NC(=O)Nc2nc3ccccc3o2)c(F)c1. The van der Waals surface area contributed by atoms with Gasteiger partial charge >= 0.3 is 12.0 Å². The summed E-state index contributed by atoms with van der Waals surface area (Å²) in [6.45, 7) is 0.699. The molecule has 146 valence electrons. The fourth-order valence-corrected chi connectivity index (χ4v) is 3.39. The minimum absolute atomic E-state index is 0.0445. The standard InChI is InChI=1S/C19H18F2N4O3/c1-27-10-6-12(20)17(13(21)7-10)11-8-22-9-15(11)23-18(26)25-19-24-14-4-2-3-5-16(14)28-19/h2-7,11,15,22H,8-9H2,1H3,(H2,23,24,25,26)/t11-,15-/m1/s1. The molecule has 2 heterocycles. The maximum atomic E-state index is 14.4. The van der Waals surface area contributed by atoms with Gasteiger partial charge in [0.2, 0.25) is 0 Å². The lowest BCUT2D eigenvalue weighted by Crippen LogP contribution is -2.42. The first-order chi connectivity index (χ1) is 13.5. The van der Waals surface area contributed by atoms with Crippen LogP contribution in [-0.2, 0) is 0 Å². The zero-order valence-electron chi connectivity index (χ0n) is 15.0. The van der Waals surface area contributed by atoms with Crippen LogP contribution >= 0.6 is 0 Å². The number of benzene rings is 2.